The fourth-order valence-corrected chi connectivity index (χ4v) is 5.18. The minimum atomic E-state index is -3.91. The molecule has 0 atom stereocenters. The Morgan fingerprint density at radius 3 is 2.37 bits per heavy atom. The highest BCUT2D eigenvalue weighted by Gasteiger charge is 2.27. The van der Waals surface area contributed by atoms with Crippen molar-refractivity contribution in [1.82, 2.24) is 5.32 Å². The number of hydrogen-bond acceptors (Lipinski definition) is 5. The number of rotatable bonds is 9. The molecule has 4 rings (SSSR count). The predicted octanol–water partition coefficient (Wildman–Crippen LogP) is 5.09. The number of carboxylic acid groups (broad SMARTS) is 1. The number of amides is 1. The van der Waals surface area contributed by atoms with Crippen LogP contribution in [0.3, 0.4) is 0 Å². The molecule has 1 amide bonds. The molecule has 0 fully saturated rings. The summed E-state index contributed by atoms with van der Waals surface area (Å²) in [5.74, 6) is -2.03. The molecule has 1 heterocycles. The summed E-state index contributed by atoms with van der Waals surface area (Å²) in [5, 5.41) is 12.4. The topological polar surface area (TPSA) is 117 Å². The maximum Gasteiger partial charge on any atom is 0.335 e. The van der Waals surface area contributed by atoms with Gasteiger partial charge in [0, 0.05) is 36.2 Å². The minimum Gasteiger partial charge on any atom is -0.478 e. The summed E-state index contributed by atoms with van der Waals surface area (Å²) in [6.45, 7) is -0.936. The van der Waals surface area contributed by atoms with Crippen molar-refractivity contribution >= 4 is 38.6 Å². The number of anilines is 1. The largest absolute Gasteiger partial charge is 0.478 e. The van der Waals surface area contributed by atoms with Crippen molar-refractivity contribution in [3.05, 3.63) is 77.6 Å². The van der Waals surface area contributed by atoms with Crippen molar-refractivity contribution in [2.24, 2.45) is 0 Å². The molecule has 0 aliphatic heterocycles. The van der Waals surface area contributed by atoms with Crippen LogP contribution in [0.5, 0.6) is 0 Å². The molecule has 0 saturated heterocycles. The fraction of sp³-hybridized carbons (Fsp3) is 0.185. The molecule has 0 spiro atoms. The van der Waals surface area contributed by atoms with Gasteiger partial charge in [-0.15, -0.1) is 0 Å². The van der Waals surface area contributed by atoms with E-state index in [1.807, 2.05) is 0 Å². The Bertz CT molecular complexity index is 1630. The van der Waals surface area contributed by atoms with E-state index < -0.39 is 34.4 Å². The SMILES string of the molecule is CNC(=O)c1c(-c2ccc(F)cc2)oc2cc(N(CCCF)S(C)(=O)=O)c(-c3cccc(C(=O)O)c3)cc12. The van der Waals surface area contributed by atoms with E-state index in [1.165, 1.54) is 55.6 Å². The van der Waals surface area contributed by atoms with Crippen LogP contribution in [0.15, 0.2) is 65.1 Å². The number of fused-ring (bicyclic) bond motifs is 1. The summed E-state index contributed by atoms with van der Waals surface area (Å²) in [7, 11) is -2.48. The third kappa shape index (κ3) is 5.23. The van der Waals surface area contributed by atoms with Gasteiger partial charge in [0.05, 0.1) is 29.7 Å². The van der Waals surface area contributed by atoms with Crippen LogP contribution in [0.4, 0.5) is 14.5 Å². The monoisotopic (exact) mass is 542 g/mol. The van der Waals surface area contributed by atoms with Gasteiger partial charge in [0.15, 0.2) is 0 Å². The highest BCUT2D eigenvalue weighted by atomic mass is 32.2. The Morgan fingerprint density at radius 1 is 1.05 bits per heavy atom. The summed E-state index contributed by atoms with van der Waals surface area (Å²) in [6.07, 6.45) is 0.900. The van der Waals surface area contributed by atoms with Gasteiger partial charge < -0.3 is 14.8 Å². The van der Waals surface area contributed by atoms with Crippen molar-refractivity contribution in [2.45, 2.75) is 6.42 Å². The number of carbonyl (C=O) groups is 2. The number of hydrogen-bond donors (Lipinski definition) is 2. The molecule has 0 radical (unpaired) electrons. The van der Waals surface area contributed by atoms with E-state index in [4.69, 9.17) is 4.42 Å². The van der Waals surface area contributed by atoms with Gasteiger partial charge in [0.25, 0.3) is 5.91 Å². The van der Waals surface area contributed by atoms with Gasteiger partial charge in [-0.1, -0.05) is 12.1 Å². The minimum absolute atomic E-state index is 0.0334. The third-order valence-corrected chi connectivity index (χ3v) is 7.13. The molecule has 0 aliphatic rings. The molecule has 0 bridgehead atoms. The van der Waals surface area contributed by atoms with E-state index in [1.54, 1.807) is 12.1 Å². The van der Waals surface area contributed by atoms with E-state index in [0.717, 1.165) is 10.6 Å². The number of nitrogens with one attached hydrogen (secondary N) is 1. The molecule has 4 aromatic rings. The van der Waals surface area contributed by atoms with Crippen molar-refractivity contribution in [1.29, 1.82) is 0 Å². The van der Waals surface area contributed by atoms with Crippen LogP contribution in [0.25, 0.3) is 33.4 Å². The lowest BCUT2D eigenvalue weighted by molar-refractivity contribution is 0.0696. The maximum atomic E-state index is 13.6. The van der Waals surface area contributed by atoms with Crippen LogP contribution >= 0.6 is 0 Å². The van der Waals surface area contributed by atoms with E-state index in [9.17, 15) is 31.9 Å². The number of sulfonamides is 1. The van der Waals surface area contributed by atoms with Crippen LogP contribution < -0.4 is 9.62 Å². The standard InChI is InChI=1S/C27H24F2N2O6S/c1-30-26(32)24-21-14-20(17-5-3-6-18(13-17)27(33)34)22(31(12-4-11-28)38(2,35)36)15-23(21)37-25(24)16-7-9-19(29)10-8-16/h3,5-10,13-15H,4,11-12H2,1-2H3,(H,30,32)(H,33,34). The number of nitrogens with zero attached hydrogens (tertiary/aromatic N) is 1. The van der Waals surface area contributed by atoms with Crippen LogP contribution in [-0.4, -0.2) is 51.9 Å². The van der Waals surface area contributed by atoms with E-state index in [2.05, 4.69) is 5.32 Å². The van der Waals surface area contributed by atoms with Gasteiger partial charge in [0.2, 0.25) is 10.0 Å². The first kappa shape index (κ1) is 26.8. The Hall–Kier alpha value is -4.25. The number of halogens is 2. The molecule has 11 heteroatoms. The Balaban J connectivity index is 2.09. The number of carboxylic acids is 1. The zero-order valence-corrected chi connectivity index (χ0v) is 21.3. The van der Waals surface area contributed by atoms with Crippen molar-refractivity contribution < 1.29 is 36.3 Å². The van der Waals surface area contributed by atoms with Crippen LogP contribution in [0.2, 0.25) is 0 Å². The van der Waals surface area contributed by atoms with Crippen molar-refractivity contribution in [2.75, 3.05) is 30.8 Å². The Labute approximate surface area is 217 Å². The molecule has 1 aromatic heterocycles. The first-order valence-electron chi connectivity index (χ1n) is 11.5. The maximum absolute atomic E-state index is 13.6. The Morgan fingerprint density at radius 2 is 1.76 bits per heavy atom. The number of carbonyl (C=O) groups excluding carboxylic acids is 1. The Kier molecular flexibility index (Phi) is 7.49. The molecule has 8 nitrogen and oxygen atoms in total. The molecular formula is C27H24F2N2O6S. The molecule has 198 valence electrons. The van der Waals surface area contributed by atoms with Crippen LogP contribution in [-0.2, 0) is 10.0 Å². The highest BCUT2D eigenvalue weighted by Crippen LogP contribution is 2.41. The smallest absolute Gasteiger partial charge is 0.335 e. The van der Waals surface area contributed by atoms with Crippen molar-refractivity contribution in [3.8, 4) is 22.5 Å². The van der Waals surface area contributed by atoms with Gasteiger partial charge in [0.1, 0.15) is 17.2 Å². The molecule has 3 aromatic carbocycles. The lowest BCUT2D eigenvalue weighted by atomic mass is 9.97. The second-order valence-electron chi connectivity index (χ2n) is 8.52. The van der Waals surface area contributed by atoms with E-state index in [-0.39, 0.29) is 41.1 Å². The summed E-state index contributed by atoms with van der Waals surface area (Å²) < 4.78 is 59.3. The van der Waals surface area contributed by atoms with Gasteiger partial charge in [-0.05, 0) is 54.4 Å². The third-order valence-electron chi connectivity index (χ3n) is 5.95. The van der Waals surface area contributed by atoms with Crippen molar-refractivity contribution in [3.63, 3.8) is 0 Å². The number of alkyl halides is 1. The lowest BCUT2D eigenvalue weighted by Gasteiger charge is -2.25. The molecule has 0 unspecified atom stereocenters. The molecule has 0 saturated carbocycles. The summed E-state index contributed by atoms with van der Waals surface area (Å²) in [4.78, 5) is 24.6. The van der Waals surface area contributed by atoms with E-state index in [0.29, 0.717) is 22.1 Å². The number of benzene rings is 3. The lowest BCUT2D eigenvalue weighted by Crippen LogP contribution is -2.31. The van der Waals surface area contributed by atoms with Crippen LogP contribution in [0.1, 0.15) is 27.1 Å². The molecule has 2 N–H and O–H groups in total. The molecular weight excluding hydrogens is 518 g/mol. The fourth-order valence-electron chi connectivity index (χ4n) is 4.21. The highest BCUT2D eigenvalue weighted by molar-refractivity contribution is 7.92. The molecule has 38 heavy (non-hydrogen) atoms. The summed E-state index contributed by atoms with van der Waals surface area (Å²) >= 11 is 0. The first-order valence-corrected chi connectivity index (χ1v) is 13.4. The first-order chi connectivity index (χ1) is 18.0. The second kappa shape index (κ2) is 10.6. The number of aromatic carboxylic acids is 1. The zero-order valence-electron chi connectivity index (χ0n) is 20.5. The quantitative estimate of drug-likeness (QED) is 0.304. The normalized spacial score (nSPS) is 11.5. The zero-order chi connectivity index (χ0) is 27.6. The predicted molar refractivity (Wildman–Crippen MR) is 140 cm³/mol. The van der Waals surface area contributed by atoms with Gasteiger partial charge in [-0.25, -0.2) is 17.6 Å². The average Bonchev–Trinajstić information content (AvgIpc) is 3.26. The summed E-state index contributed by atoms with van der Waals surface area (Å²) in [5.41, 5.74) is 1.45. The van der Waals surface area contributed by atoms with Gasteiger partial charge >= 0.3 is 5.97 Å². The van der Waals surface area contributed by atoms with E-state index >= 15 is 0 Å². The van der Waals surface area contributed by atoms with Crippen LogP contribution in [0, 0.1) is 5.82 Å². The summed E-state index contributed by atoms with van der Waals surface area (Å²) in [6, 6.07) is 14.2. The van der Waals surface area contributed by atoms with Gasteiger partial charge in [-0.3, -0.25) is 13.5 Å². The number of furan rings is 1. The average molecular weight is 543 g/mol. The molecule has 0 aliphatic carbocycles. The second-order valence-corrected chi connectivity index (χ2v) is 10.4. The van der Waals surface area contributed by atoms with Gasteiger partial charge in [-0.2, -0.15) is 0 Å².